The highest BCUT2D eigenvalue weighted by atomic mass is 16.5. The highest BCUT2D eigenvalue weighted by molar-refractivity contribution is 5.81. The predicted octanol–water partition coefficient (Wildman–Crippen LogP) is 0.541. The molecule has 0 aromatic heterocycles. The molecule has 0 saturated heterocycles. The molecule has 0 unspecified atom stereocenters. The maximum Gasteiger partial charge on any atom is 0.239 e. The summed E-state index contributed by atoms with van der Waals surface area (Å²) in [5, 5.41) is 0. The van der Waals surface area contributed by atoms with Crippen LogP contribution in [0, 0.1) is 0 Å². The van der Waals surface area contributed by atoms with Gasteiger partial charge in [0, 0.05) is 20.2 Å². The predicted molar refractivity (Wildman–Crippen MR) is 74.5 cm³/mol. The van der Waals surface area contributed by atoms with Crippen molar-refractivity contribution in [2.75, 3.05) is 47.4 Å². The van der Waals surface area contributed by atoms with Crippen LogP contribution in [0.5, 0.6) is 0 Å². The van der Waals surface area contributed by atoms with E-state index in [2.05, 4.69) is 4.90 Å². The molecule has 0 heterocycles. The van der Waals surface area contributed by atoms with E-state index in [0.29, 0.717) is 13.2 Å². The lowest BCUT2D eigenvalue weighted by molar-refractivity contribution is -0.133. The van der Waals surface area contributed by atoms with Gasteiger partial charge in [-0.3, -0.25) is 4.79 Å². The van der Waals surface area contributed by atoms with Crippen molar-refractivity contribution in [3.8, 4) is 0 Å². The largest absolute Gasteiger partial charge is 0.383 e. The van der Waals surface area contributed by atoms with Gasteiger partial charge in [-0.2, -0.15) is 0 Å². The van der Waals surface area contributed by atoms with E-state index in [1.54, 1.807) is 7.11 Å². The Morgan fingerprint density at radius 3 is 2.44 bits per heavy atom. The maximum atomic E-state index is 12.1. The van der Waals surface area contributed by atoms with Gasteiger partial charge in [-0.05, 0) is 33.5 Å². The first kappa shape index (κ1) is 17.4. The first-order valence-corrected chi connectivity index (χ1v) is 6.71. The monoisotopic (exact) mass is 259 g/mol. The molecule has 2 N–H and O–H groups in total. The first-order chi connectivity index (χ1) is 8.52. The topological polar surface area (TPSA) is 58.8 Å². The number of rotatable bonds is 10. The van der Waals surface area contributed by atoms with E-state index in [0.717, 1.165) is 32.4 Å². The zero-order valence-corrected chi connectivity index (χ0v) is 12.3. The second kappa shape index (κ2) is 10.3. The Kier molecular flexibility index (Phi) is 9.92. The summed E-state index contributed by atoms with van der Waals surface area (Å²) >= 11 is 0. The molecule has 18 heavy (non-hydrogen) atoms. The number of nitrogens with zero attached hydrogens (tertiary/aromatic N) is 2. The van der Waals surface area contributed by atoms with Crippen molar-refractivity contribution in [3.63, 3.8) is 0 Å². The average molecular weight is 259 g/mol. The van der Waals surface area contributed by atoms with Gasteiger partial charge in [0.2, 0.25) is 5.91 Å². The Morgan fingerprint density at radius 2 is 1.94 bits per heavy atom. The molecular formula is C13H29N3O2. The molecule has 0 fully saturated rings. The van der Waals surface area contributed by atoms with Gasteiger partial charge >= 0.3 is 0 Å². The Morgan fingerprint density at radius 1 is 1.28 bits per heavy atom. The van der Waals surface area contributed by atoms with Gasteiger partial charge in [0.1, 0.15) is 0 Å². The smallest absolute Gasteiger partial charge is 0.239 e. The third-order valence-corrected chi connectivity index (χ3v) is 2.83. The summed E-state index contributed by atoms with van der Waals surface area (Å²) in [4.78, 5) is 16.1. The molecule has 5 nitrogen and oxygen atoms in total. The van der Waals surface area contributed by atoms with Gasteiger partial charge in [0.15, 0.2) is 0 Å². The van der Waals surface area contributed by atoms with E-state index in [1.165, 1.54) is 0 Å². The molecule has 5 heteroatoms. The Bertz CT molecular complexity index is 222. The van der Waals surface area contributed by atoms with Crippen molar-refractivity contribution in [1.82, 2.24) is 9.80 Å². The van der Waals surface area contributed by atoms with E-state index in [4.69, 9.17) is 10.5 Å². The van der Waals surface area contributed by atoms with Crippen LogP contribution < -0.4 is 5.73 Å². The number of carbonyl (C=O) groups excluding carboxylic acids is 1. The SMILES string of the molecule is CCC[C@@H](N)C(=O)N(CCCN(C)C)CCOC. The van der Waals surface area contributed by atoms with Crippen LogP contribution >= 0.6 is 0 Å². The summed E-state index contributed by atoms with van der Waals surface area (Å²) < 4.78 is 5.04. The molecule has 1 atom stereocenters. The number of carbonyl (C=O) groups is 1. The van der Waals surface area contributed by atoms with Crippen molar-refractivity contribution < 1.29 is 9.53 Å². The minimum atomic E-state index is -0.369. The van der Waals surface area contributed by atoms with Gasteiger partial charge in [0.25, 0.3) is 0 Å². The molecule has 0 aromatic carbocycles. The highest BCUT2D eigenvalue weighted by Crippen LogP contribution is 2.02. The quantitative estimate of drug-likeness (QED) is 0.622. The molecule has 108 valence electrons. The molecule has 0 spiro atoms. The number of nitrogens with two attached hydrogens (primary N) is 1. The van der Waals surface area contributed by atoms with Crippen molar-refractivity contribution in [3.05, 3.63) is 0 Å². The van der Waals surface area contributed by atoms with Crippen molar-refractivity contribution in [1.29, 1.82) is 0 Å². The molecule has 0 rings (SSSR count). The van der Waals surface area contributed by atoms with Gasteiger partial charge < -0.3 is 20.3 Å². The minimum absolute atomic E-state index is 0.0488. The molecule has 0 aliphatic rings. The fourth-order valence-corrected chi connectivity index (χ4v) is 1.78. The molecule has 0 saturated carbocycles. The maximum absolute atomic E-state index is 12.1. The first-order valence-electron chi connectivity index (χ1n) is 6.71. The van der Waals surface area contributed by atoms with Crippen LogP contribution in [-0.4, -0.2) is 69.2 Å². The lowest BCUT2D eigenvalue weighted by atomic mass is 10.1. The number of ether oxygens (including phenoxy) is 1. The summed E-state index contributed by atoms with van der Waals surface area (Å²) in [5.41, 5.74) is 5.89. The van der Waals surface area contributed by atoms with Crippen LogP contribution in [0.1, 0.15) is 26.2 Å². The van der Waals surface area contributed by atoms with Crippen LogP contribution in [0.4, 0.5) is 0 Å². The number of hydrogen-bond acceptors (Lipinski definition) is 4. The zero-order chi connectivity index (χ0) is 14.0. The third kappa shape index (κ3) is 7.63. The Hall–Kier alpha value is -0.650. The molecule has 0 aliphatic heterocycles. The van der Waals surface area contributed by atoms with Crippen molar-refractivity contribution in [2.45, 2.75) is 32.2 Å². The van der Waals surface area contributed by atoms with E-state index in [9.17, 15) is 4.79 Å². The normalized spacial score (nSPS) is 12.8. The highest BCUT2D eigenvalue weighted by Gasteiger charge is 2.19. The van der Waals surface area contributed by atoms with Gasteiger partial charge in [-0.15, -0.1) is 0 Å². The minimum Gasteiger partial charge on any atom is -0.383 e. The number of amides is 1. The van der Waals surface area contributed by atoms with E-state index in [1.807, 2.05) is 25.9 Å². The molecular weight excluding hydrogens is 230 g/mol. The van der Waals surface area contributed by atoms with E-state index >= 15 is 0 Å². The Labute approximate surface area is 111 Å². The average Bonchev–Trinajstić information content (AvgIpc) is 2.32. The van der Waals surface area contributed by atoms with Crippen LogP contribution in [-0.2, 0) is 9.53 Å². The summed E-state index contributed by atoms with van der Waals surface area (Å²) in [5.74, 6) is 0.0488. The van der Waals surface area contributed by atoms with Crippen LogP contribution in [0.25, 0.3) is 0 Å². The fraction of sp³-hybridized carbons (Fsp3) is 0.923. The van der Waals surface area contributed by atoms with Gasteiger partial charge in [-0.25, -0.2) is 0 Å². The lowest BCUT2D eigenvalue weighted by Crippen LogP contribution is -2.45. The lowest BCUT2D eigenvalue weighted by Gasteiger charge is -2.26. The number of hydrogen-bond donors (Lipinski definition) is 1. The van der Waals surface area contributed by atoms with Gasteiger partial charge in [0.05, 0.1) is 12.6 Å². The second-order valence-corrected chi connectivity index (χ2v) is 4.87. The molecule has 1 amide bonds. The summed E-state index contributed by atoms with van der Waals surface area (Å²) in [6, 6.07) is -0.369. The molecule has 0 bridgehead atoms. The zero-order valence-electron chi connectivity index (χ0n) is 12.3. The molecule has 0 aromatic rings. The summed E-state index contributed by atoms with van der Waals surface area (Å²) in [6.07, 6.45) is 2.64. The fourth-order valence-electron chi connectivity index (χ4n) is 1.78. The van der Waals surface area contributed by atoms with Crippen LogP contribution in [0.15, 0.2) is 0 Å². The number of methoxy groups -OCH3 is 1. The van der Waals surface area contributed by atoms with Gasteiger partial charge in [-0.1, -0.05) is 13.3 Å². The Balaban J connectivity index is 4.23. The second-order valence-electron chi connectivity index (χ2n) is 4.87. The molecule has 0 aliphatic carbocycles. The van der Waals surface area contributed by atoms with Crippen LogP contribution in [0.3, 0.4) is 0 Å². The van der Waals surface area contributed by atoms with E-state index in [-0.39, 0.29) is 11.9 Å². The summed E-state index contributed by atoms with van der Waals surface area (Å²) in [6.45, 7) is 4.95. The standard InChI is InChI=1S/C13H29N3O2/c1-5-7-12(14)13(17)16(10-11-18-4)9-6-8-15(2)3/h12H,5-11,14H2,1-4H3/t12-/m1/s1. The van der Waals surface area contributed by atoms with Crippen LogP contribution in [0.2, 0.25) is 0 Å². The van der Waals surface area contributed by atoms with E-state index < -0.39 is 0 Å². The third-order valence-electron chi connectivity index (χ3n) is 2.83. The van der Waals surface area contributed by atoms with Crippen molar-refractivity contribution in [2.24, 2.45) is 5.73 Å². The summed E-state index contributed by atoms with van der Waals surface area (Å²) in [7, 11) is 5.71. The van der Waals surface area contributed by atoms with Crippen molar-refractivity contribution >= 4 is 5.91 Å². The molecule has 0 radical (unpaired) electrons.